The zero-order valence-electron chi connectivity index (χ0n) is 14.8. The lowest BCUT2D eigenvalue weighted by Crippen LogP contribution is -2.16. The van der Waals surface area contributed by atoms with E-state index in [-0.39, 0.29) is 21.0 Å². The van der Waals surface area contributed by atoms with Crippen LogP contribution in [0, 0.1) is 11.6 Å². The first kappa shape index (κ1) is 18.8. The molecule has 1 heterocycles. The molecule has 0 aliphatic rings. The van der Waals surface area contributed by atoms with E-state index in [0.29, 0.717) is 10.9 Å². The Morgan fingerprint density at radius 1 is 0.931 bits per heavy atom. The molecular weight excluding hydrogens is 398 g/mol. The number of fused-ring (bicyclic) bond motifs is 1. The summed E-state index contributed by atoms with van der Waals surface area (Å²) in [6, 6.07) is 14.9. The number of carbonyl (C=O) groups excluding carboxylic acids is 1. The number of sulfone groups is 1. The maximum atomic E-state index is 14.2. The molecule has 0 saturated carbocycles. The molecule has 8 heteroatoms. The zero-order chi connectivity index (χ0) is 20.8. The van der Waals surface area contributed by atoms with Gasteiger partial charge in [0.1, 0.15) is 11.6 Å². The van der Waals surface area contributed by atoms with E-state index in [1.54, 1.807) is 12.3 Å². The normalized spacial score (nSPS) is 11.7. The number of nitrogens with two attached hydrogens (primary N) is 1. The second kappa shape index (κ2) is 6.82. The first-order valence-corrected chi connectivity index (χ1v) is 9.98. The number of carbonyl (C=O) groups is 1. The van der Waals surface area contributed by atoms with Crippen molar-refractivity contribution < 1.29 is 22.0 Å². The Balaban J connectivity index is 1.85. The van der Waals surface area contributed by atoms with Crippen molar-refractivity contribution in [2.75, 3.05) is 0 Å². The lowest BCUT2D eigenvalue weighted by atomic mass is 10.2. The van der Waals surface area contributed by atoms with Crippen LogP contribution in [0.15, 0.2) is 82.7 Å². The van der Waals surface area contributed by atoms with Gasteiger partial charge in [-0.05, 0) is 48.5 Å². The minimum Gasteiger partial charge on any atom is -0.366 e. The Bertz CT molecular complexity index is 1380. The molecule has 5 nitrogen and oxygen atoms in total. The second-order valence-electron chi connectivity index (χ2n) is 6.37. The first-order chi connectivity index (χ1) is 13.8. The third-order valence-electron chi connectivity index (χ3n) is 4.58. The lowest BCUT2D eigenvalue weighted by Gasteiger charge is -2.10. The summed E-state index contributed by atoms with van der Waals surface area (Å²) < 4.78 is 54.9. The molecule has 0 saturated heterocycles. The van der Waals surface area contributed by atoms with Gasteiger partial charge in [0.25, 0.3) is 0 Å². The SMILES string of the molecule is NC(=O)c1ccccc1S(=O)(=O)c1ccc2c(ccn2-c2ccc(F)cc2F)c1. The van der Waals surface area contributed by atoms with Crippen molar-refractivity contribution in [3.05, 3.63) is 90.1 Å². The molecule has 0 radical (unpaired) electrons. The van der Waals surface area contributed by atoms with Crippen molar-refractivity contribution in [1.29, 1.82) is 0 Å². The third-order valence-corrected chi connectivity index (χ3v) is 6.39. The van der Waals surface area contributed by atoms with Gasteiger partial charge in [0.2, 0.25) is 15.7 Å². The number of aromatic nitrogens is 1. The number of benzene rings is 3. The molecular formula is C21H14F2N2O3S. The van der Waals surface area contributed by atoms with Crippen LogP contribution in [0.5, 0.6) is 0 Å². The summed E-state index contributed by atoms with van der Waals surface area (Å²) in [5.41, 5.74) is 5.88. The fourth-order valence-corrected chi connectivity index (χ4v) is 4.71. The highest BCUT2D eigenvalue weighted by atomic mass is 32.2. The molecule has 0 bridgehead atoms. The van der Waals surface area contributed by atoms with Gasteiger partial charge < -0.3 is 10.3 Å². The van der Waals surface area contributed by atoms with Crippen LogP contribution in [0.1, 0.15) is 10.4 Å². The van der Waals surface area contributed by atoms with E-state index in [4.69, 9.17) is 5.73 Å². The van der Waals surface area contributed by atoms with E-state index in [0.717, 1.165) is 12.1 Å². The number of hydrogen-bond donors (Lipinski definition) is 1. The van der Waals surface area contributed by atoms with Crippen LogP contribution in [-0.2, 0) is 9.84 Å². The Morgan fingerprint density at radius 3 is 2.41 bits per heavy atom. The van der Waals surface area contributed by atoms with E-state index in [1.165, 1.54) is 53.1 Å². The minimum absolute atomic E-state index is 0.0315. The summed E-state index contributed by atoms with van der Waals surface area (Å²) in [4.78, 5) is 11.4. The van der Waals surface area contributed by atoms with Crippen LogP contribution in [0.2, 0.25) is 0 Å². The first-order valence-electron chi connectivity index (χ1n) is 8.49. The van der Waals surface area contributed by atoms with Gasteiger partial charge >= 0.3 is 0 Å². The Morgan fingerprint density at radius 2 is 1.69 bits per heavy atom. The van der Waals surface area contributed by atoms with Crippen LogP contribution in [0.25, 0.3) is 16.6 Å². The van der Waals surface area contributed by atoms with Gasteiger partial charge in [-0.2, -0.15) is 0 Å². The Kier molecular flexibility index (Phi) is 4.43. The van der Waals surface area contributed by atoms with E-state index in [1.807, 2.05) is 0 Å². The maximum Gasteiger partial charge on any atom is 0.250 e. The Labute approximate surface area is 164 Å². The van der Waals surface area contributed by atoms with Crippen molar-refractivity contribution in [1.82, 2.24) is 4.57 Å². The van der Waals surface area contributed by atoms with E-state index >= 15 is 0 Å². The summed E-state index contributed by atoms with van der Waals surface area (Å²) in [6.07, 6.45) is 1.56. The molecule has 4 rings (SSSR count). The maximum absolute atomic E-state index is 14.2. The highest BCUT2D eigenvalue weighted by molar-refractivity contribution is 7.91. The molecule has 146 valence electrons. The minimum atomic E-state index is -4.01. The monoisotopic (exact) mass is 412 g/mol. The van der Waals surface area contributed by atoms with E-state index in [9.17, 15) is 22.0 Å². The van der Waals surface area contributed by atoms with Crippen molar-refractivity contribution in [2.45, 2.75) is 9.79 Å². The van der Waals surface area contributed by atoms with Gasteiger partial charge in [-0.15, -0.1) is 0 Å². The van der Waals surface area contributed by atoms with Crippen molar-refractivity contribution in [3.8, 4) is 5.69 Å². The molecule has 0 atom stereocenters. The number of rotatable bonds is 4. The molecule has 4 aromatic rings. The van der Waals surface area contributed by atoms with Gasteiger partial charge in [0.05, 0.1) is 26.6 Å². The number of amides is 1. The van der Waals surface area contributed by atoms with Crippen LogP contribution in [-0.4, -0.2) is 18.9 Å². The summed E-state index contributed by atoms with van der Waals surface area (Å²) in [5.74, 6) is -2.28. The number of primary amides is 1. The van der Waals surface area contributed by atoms with Gasteiger partial charge in [0, 0.05) is 17.6 Å². The topological polar surface area (TPSA) is 82.2 Å². The molecule has 0 aliphatic carbocycles. The third kappa shape index (κ3) is 3.17. The second-order valence-corrected chi connectivity index (χ2v) is 8.28. The van der Waals surface area contributed by atoms with Crippen LogP contribution in [0.3, 0.4) is 0 Å². The van der Waals surface area contributed by atoms with Crippen molar-refractivity contribution in [2.24, 2.45) is 5.73 Å². The Hall–Kier alpha value is -3.52. The summed E-state index contributed by atoms with van der Waals surface area (Å²) in [5, 5.41) is 0.534. The zero-order valence-corrected chi connectivity index (χ0v) is 15.7. The molecule has 2 N–H and O–H groups in total. The highest BCUT2D eigenvalue weighted by Crippen LogP contribution is 2.29. The lowest BCUT2D eigenvalue weighted by molar-refractivity contribution is 0.0997. The molecule has 1 amide bonds. The number of hydrogen-bond acceptors (Lipinski definition) is 3. The molecule has 3 aromatic carbocycles. The predicted octanol–water partition coefficient (Wildman–Crippen LogP) is 3.84. The van der Waals surface area contributed by atoms with Crippen molar-refractivity contribution in [3.63, 3.8) is 0 Å². The molecule has 1 aromatic heterocycles. The van der Waals surface area contributed by atoms with E-state index in [2.05, 4.69) is 0 Å². The summed E-state index contributed by atoms with van der Waals surface area (Å²) >= 11 is 0. The molecule has 0 aliphatic heterocycles. The smallest absolute Gasteiger partial charge is 0.250 e. The fourth-order valence-electron chi connectivity index (χ4n) is 3.21. The predicted molar refractivity (Wildman–Crippen MR) is 104 cm³/mol. The number of nitrogens with zero attached hydrogens (tertiary/aromatic N) is 1. The van der Waals surface area contributed by atoms with E-state index < -0.39 is 27.4 Å². The highest BCUT2D eigenvalue weighted by Gasteiger charge is 2.24. The van der Waals surface area contributed by atoms with Crippen LogP contribution < -0.4 is 5.73 Å². The molecule has 0 unspecified atom stereocenters. The summed E-state index contributed by atoms with van der Waals surface area (Å²) in [6.45, 7) is 0. The van der Waals surface area contributed by atoms with Crippen LogP contribution in [0.4, 0.5) is 8.78 Å². The number of halogens is 2. The average Bonchev–Trinajstić information content (AvgIpc) is 3.11. The van der Waals surface area contributed by atoms with Gasteiger partial charge in [-0.1, -0.05) is 12.1 Å². The average molecular weight is 412 g/mol. The summed E-state index contributed by atoms with van der Waals surface area (Å²) in [7, 11) is -4.01. The molecule has 0 spiro atoms. The largest absolute Gasteiger partial charge is 0.366 e. The van der Waals surface area contributed by atoms with Gasteiger partial charge in [0.15, 0.2) is 0 Å². The molecule has 29 heavy (non-hydrogen) atoms. The van der Waals surface area contributed by atoms with Gasteiger partial charge in [-0.25, -0.2) is 17.2 Å². The molecule has 0 fully saturated rings. The van der Waals surface area contributed by atoms with Gasteiger partial charge in [-0.3, -0.25) is 4.79 Å². The fraction of sp³-hybridized carbons (Fsp3) is 0. The van der Waals surface area contributed by atoms with Crippen LogP contribution >= 0.6 is 0 Å². The van der Waals surface area contributed by atoms with Crippen molar-refractivity contribution >= 4 is 26.6 Å². The standard InChI is InChI=1S/C21H14F2N2O3S/c22-14-5-7-19(17(23)12-14)25-10-9-13-11-15(6-8-18(13)25)29(27,28)20-4-2-1-3-16(20)21(24)26/h1-12H,(H2,24,26). The quantitative estimate of drug-likeness (QED) is 0.553.